The van der Waals surface area contributed by atoms with Gasteiger partial charge in [-0.2, -0.15) is 0 Å². The number of methoxy groups -OCH3 is 2. The van der Waals surface area contributed by atoms with E-state index in [1.165, 1.54) is 4.90 Å². The maximum atomic E-state index is 13.6. The minimum absolute atomic E-state index is 0.172. The molecule has 1 aliphatic heterocycles. The minimum atomic E-state index is -0.309. The number of ether oxygens (including phenoxy) is 2. The first-order valence-corrected chi connectivity index (χ1v) is 10.3. The number of pyridine rings is 1. The molecule has 0 spiro atoms. The van der Waals surface area contributed by atoms with Gasteiger partial charge in [0.15, 0.2) is 0 Å². The van der Waals surface area contributed by atoms with Crippen LogP contribution in [0.25, 0.3) is 5.57 Å². The molecule has 1 aromatic carbocycles. The van der Waals surface area contributed by atoms with Gasteiger partial charge in [-0.25, -0.2) is 0 Å². The summed E-state index contributed by atoms with van der Waals surface area (Å²) in [5, 5.41) is 0. The molecule has 0 bridgehead atoms. The molecule has 2 aromatic rings. The minimum Gasteiger partial charge on any atom is -0.383 e. The van der Waals surface area contributed by atoms with Crippen LogP contribution >= 0.6 is 0 Å². The van der Waals surface area contributed by atoms with Crippen LogP contribution in [0.5, 0.6) is 0 Å². The van der Waals surface area contributed by atoms with E-state index in [-0.39, 0.29) is 18.4 Å². The number of hydrogen-bond acceptors (Lipinski definition) is 6. The van der Waals surface area contributed by atoms with Gasteiger partial charge in [-0.15, -0.1) is 0 Å². The van der Waals surface area contributed by atoms with Gasteiger partial charge in [-0.1, -0.05) is 29.8 Å². The number of carbonyl (C=O) groups is 2. The Morgan fingerprint density at radius 1 is 1.00 bits per heavy atom. The van der Waals surface area contributed by atoms with Gasteiger partial charge in [-0.05, 0) is 36.6 Å². The van der Waals surface area contributed by atoms with Crippen molar-refractivity contribution in [3.05, 3.63) is 70.7 Å². The predicted octanol–water partition coefficient (Wildman–Crippen LogP) is 2.57. The first-order chi connectivity index (χ1) is 15.0. The summed E-state index contributed by atoms with van der Waals surface area (Å²) in [6, 6.07) is 9.56. The zero-order valence-electron chi connectivity index (χ0n) is 18.6. The van der Waals surface area contributed by atoms with Crippen LogP contribution in [0.4, 0.5) is 0 Å². The van der Waals surface area contributed by atoms with Crippen LogP contribution in [0.15, 0.2) is 48.4 Å². The van der Waals surface area contributed by atoms with Crippen molar-refractivity contribution in [1.29, 1.82) is 0 Å². The maximum Gasteiger partial charge on any atom is 0.278 e. The van der Waals surface area contributed by atoms with Crippen molar-refractivity contribution in [3.63, 3.8) is 0 Å². The monoisotopic (exact) mass is 423 g/mol. The third kappa shape index (κ3) is 5.00. The van der Waals surface area contributed by atoms with E-state index in [9.17, 15) is 9.59 Å². The average Bonchev–Trinajstić information content (AvgIpc) is 2.99. The van der Waals surface area contributed by atoms with E-state index in [2.05, 4.69) is 4.98 Å². The second kappa shape index (κ2) is 10.3. The Kier molecular flexibility index (Phi) is 7.55. The Morgan fingerprint density at radius 2 is 1.71 bits per heavy atom. The molecule has 0 unspecified atom stereocenters. The molecule has 0 radical (unpaired) electrons. The molecule has 0 fully saturated rings. The molecular weight excluding hydrogens is 394 g/mol. The standard InChI is InChI=1S/C24H29N3O4/c1-17-7-8-20(18(2)14-17)21-22(26(10-12-30-3)11-13-31-4)24(29)27(23(21)28)16-19-6-5-9-25-15-19/h5-9,14-15H,10-13,16H2,1-4H3. The summed E-state index contributed by atoms with van der Waals surface area (Å²) in [7, 11) is 3.23. The fraction of sp³-hybridized carbons (Fsp3) is 0.375. The number of benzene rings is 1. The number of amides is 2. The summed E-state index contributed by atoms with van der Waals surface area (Å²) in [5.41, 5.74) is 4.45. The zero-order chi connectivity index (χ0) is 22.4. The van der Waals surface area contributed by atoms with E-state index < -0.39 is 0 Å². The Bertz CT molecular complexity index is 964. The third-order valence-electron chi connectivity index (χ3n) is 5.31. The second-order valence-corrected chi connectivity index (χ2v) is 7.57. The number of hydrogen-bond donors (Lipinski definition) is 0. The number of aromatic nitrogens is 1. The quantitative estimate of drug-likeness (QED) is 0.547. The fourth-order valence-corrected chi connectivity index (χ4v) is 3.75. The Balaban J connectivity index is 2.08. The molecule has 0 atom stereocenters. The molecule has 2 amide bonds. The molecule has 7 heteroatoms. The number of carbonyl (C=O) groups excluding carboxylic acids is 2. The predicted molar refractivity (Wildman–Crippen MR) is 118 cm³/mol. The van der Waals surface area contributed by atoms with Crippen molar-refractivity contribution in [3.8, 4) is 0 Å². The number of rotatable bonds is 10. The fourth-order valence-electron chi connectivity index (χ4n) is 3.75. The SMILES string of the molecule is COCCN(CCOC)C1=C(c2ccc(C)cc2C)C(=O)N(Cc2cccnc2)C1=O. The van der Waals surface area contributed by atoms with Crippen molar-refractivity contribution in [2.45, 2.75) is 20.4 Å². The van der Waals surface area contributed by atoms with Gasteiger partial charge in [0, 0.05) is 39.7 Å². The molecule has 3 rings (SSSR count). The van der Waals surface area contributed by atoms with Crippen LogP contribution in [0.2, 0.25) is 0 Å². The summed E-state index contributed by atoms with van der Waals surface area (Å²) in [4.78, 5) is 34.4. The molecule has 2 heterocycles. The van der Waals surface area contributed by atoms with E-state index >= 15 is 0 Å². The third-order valence-corrected chi connectivity index (χ3v) is 5.31. The Labute approximate surface area is 183 Å². The molecule has 1 aromatic heterocycles. The van der Waals surface area contributed by atoms with Gasteiger partial charge in [-0.3, -0.25) is 19.5 Å². The van der Waals surface area contributed by atoms with Gasteiger partial charge in [0.25, 0.3) is 11.8 Å². The number of aryl methyl sites for hydroxylation is 2. The molecule has 0 saturated heterocycles. The summed E-state index contributed by atoms with van der Waals surface area (Å²) in [6.45, 7) is 5.95. The van der Waals surface area contributed by atoms with E-state index in [0.29, 0.717) is 37.6 Å². The molecule has 0 N–H and O–H groups in total. The zero-order valence-corrected chi connectivity index (χ0v) is 18.6. The van der Waals surface area contributed by atoms with Gasteiger partial charge < -0.3 is 14.4 Å². The molecular formula is C24H29N3O4. The first-order valence-electron chi connectivity index (χ1n) is 10.3. The highest BCUT2D eigenvalue weighted by molar-refractivity contribution is 6.35. The molecule has 31 heavy (non-hydrogen) atoms. The van der Waals surface area contributed by atoms with Crippen LogP contribution in [0.1, 0.15) is 22.3 Å². The Morgan fingerprint density at radius 3 is 2.29 bits per heavy atom. The van der Waals surface area contributed by atoms with Crippen LogP contribution in [0, 0.1) is 13.8 Å². The first kappa shape index (κ1) is 22.7. The highest BCUT2D eigenvalue weighted by Gasteiger charge is 2.41. The lowest BCUT2D eigenvalue weighted by Gasteiger charge is -2.26. The summed E-state index contributed by atoms with van der Waals surface area (Å²) in [6.07, 6.45) is 3.34. The smallest absolute Gasteiger partial charge is 0.278 e. The molecule has 1 aliphatic rings. The molecule has 0 aliphatic carbocycles. The van der Waals surface area contributed by atoms with Crippen LogP contribution in [-0.2, 0) is 25.6 Å². The summed E-state index contributed by atoms with van der Waals surface area (Å²) in [5.74, 6) is -0.605. The van der Waals surface area contributed by atoms with E-state index in [1.54, 1.807) is 32.7 Å². The lowest BCUT2D eigenvalue weighted by atomic mass is 9.97. The lowest BCUT2D eigenvalue weighted by molar-refractivity contribution is -0.138. The summed E-state index contributed by atoms with van der Waals surface area (Å²) < 4.78 is 10.5. The number of nitrogens with zero attached hydrogens (tertiary/aromatic N) is 3. The van der Waals surface area contributed by atoms with Gasteiger partial charge in [0.1, 0.15) is 5.70 Å². The van der Waals surface area contributed by atoms with E-state index in [1.807, 2.05) is 43.0 Å². The number of imide groups is 1. The van der Waals surface area contributed by atoms with Crippen LogP contribution < -0.4 is 0 Å². The van der Waals surface area contributed by atoms with Crippen molar-refractivity contribution in [2.75, 3.05) is 40.5 Å². The van der Waals surface area contributed by atoms with Crippen molar-refractivity contribution >= 4 is 17.4 Å². The molecule has 7 nitrogen and oxygen atoms in total. The van der Waals surface area contributed by atoms with Gasteiger partial charge >= 0.3 is 0 Å². The van der Waals surface area contributed by atoms with Crippen molar-refractivity contribution in [2.24, 2.45) is 0 Å². The van der Waals surface area contributed by atoms with Gasteiger partial charge in [0.05, 0.1) is 25.3 Å². The highest BCUT2D eigenvalue weighted by Crippen LogP contribution is 2.34. The van der Waals surface area contributed by atoms with E-state index in [4.69, 9.17) is 9.47 Å². The van der Waals surface area contributed by atoms with Gasteiger partial charge in [0.2, 0.25) is 0 Å². The average molecular weight is 424 g/mol. The Hall–Kier alpha value is -3.03. The second-order valence-electron chi connectivity index (χ2n) is 7.57. The largest absolute Gasteiger partial charge is 0.383 e. The van der Waals surface area contributed by atoms with Crippen molar-refractivity contribution < 1.29 is 19.1 Å². The van der Waals surface area contributed by atoms with Crippen LogP contribution in [0.3, 0.4) is 0 Å². The van der Waals surface area contributed by atoms with Crippen molar-refractivity contribution in [1.82, 2.24) is 14.8 Å². The normalized spacial score (nSPS) is 14.0. The maximum absolute atomic E-state index is 13.6. The summed E-state index contributed by atoms with van der Waals surface area (Å²) >= 11 is 0. The van der Waals surface area contributed by atoms with Crippen LogP contribution in [-0.4, -0.2) is 67.1 Å². The lowest BCUT2D eigenvalue weighted by Crippen LogP contribution is -2.37. The topological polar surface area (TPSA) is 72.0 Å². The molecule has 164 valence electrons. The molecule has 0 saturated carbocycles. The highest BCUT2D eigenvalue weighted by atomic mass is 16.5. The van der Waals surface area contributed by atoms with E-state index in [0.717, 1.165) is 22.3 Å².